The molecule has 0 heterocycles. The molecule has 0 aromatic heterocycles. The maximum atomic E-state index is 12.3. The van der Waals surface area contributed by atoms with Crippen molar-refractivity contribution in [2.24, 2.45) is 0 Å². The van der Waals surface area contributed by atoms with Crippen LogP contribution in [0.4, 0.5) is 13.2 Å². The van der Waals surface area contributed by atoms with Crippen LogP contribution in [-0.4, -0.2) is 24.1 Å². The minimum absolute atomic E-state index is 0.0586. The molecule has 0 saturated carbocycles. The lowest BCUT2D eigenvalue weighted by Gasteiger charge is -2.12. The summed E-state index contributed by atoms with van der Waals surface area (Å²) in [4.78, 5) is 0. The Bertz CT molecular complexity index is 781. The van der Waals surface area contributed by atoms with Crippen LogP contribution in [0.5, 0.6) is 17.2 Å². The molecule has 0 bridgehead atoms. The Labute approximate surface area is 150 Å². The molecule has 9 heteroatoms. The van der Waals surface area contributed by atoms with E-state index in [0.717, 1.165) is 18.4 Å². The summed E-state index contributed by atoms with van der Waals surface area (Å²) in [6.45, 7) is 5.84. The van der Waals surface area contributed by atoms with Gasteiger partial charge in [0.2, 0.25) is 0 Å². The van der Waals surface area contributed by atoms with E-state index in [0.29, 0.717) is 12.1 Å². The van der Waals surface area contributed by atoms with E-state index in [4.69, 9.17) is 0 Å². The lowest BCUT2D eigenvalue weighted by molar-refractivity contribution is -0.0500. The highest BCUT2D eigenvalue weighted by molar-refractivity contribution is 7.88. The predicted octanol–water partition coefficient (Wildman–Crippen LogP) is 4.56. The molecule has 5 nitrogen and oxygen atoms in total. The summed E-state index contributed by atoms with van der Waals surface area (Å²) in [7, 11) is -5.88. The average Bonchev–Trinajstić information content (AvgIpc) is 2.44. The van der Waals surface area contributed by atoms with Crippen molar-refractivity contribution in [2.45, 2.75) is 45.5 Å². The zero-order valence-electron chi connectivity index (χ0n) is 14.6. The molecule has 146 valence electrons. The van der Waals surface area contributed by atoms with Gasteiger partial charge < -0.3 is 14.4 Å². The molecule has 0 aliphatic heterocycles. The minimum Gasteiger partial charge on any atom is -0.507 e. The monoisotopic (exact) mass is 394 g/mol. The maximum absolute atomic E-state index is 12.3. The third-order valence-corrected chi connectivity index (χ3v) is 4.39. The molecule has 1 aromatic rings. The quantitative estimate of drug-likeness (QED) is 0.402. The van der Waals surface area contributed by atoms with E-state index in [9.17, 15) is 31.8 Å². The van der Waals surface area contributed by atoms with Crippen molar-refractivity contribution < 1.29 is 36.0 Å². The molecule has 2 N–H and O–H groups in total. The number of aromatic hydroxyl groups is 2. The molecule has 26 heavy (non-hydrogen) atoms. The predicted molar refractivity (Wildman–Crippen MR) is 91.5 cm³/mol. The number of hydrogen-bond acceptors (Lipinski definition) is 5. The van der Waals surface area contributed by atoms with E-state index in [1.54, 1.807) is 6.08 Å². The fourth-order valence-electron chi connectivity index (χ4n) is 2.01. The molecule has 0 atom stereocenters. The van der Waals surface area contributed by atoms with E-state index in [-0.39, 0.29) is 12.0 Å². The Kier molecular flexibility index (Phi) is 7.14. The van der Waals surface area contributed by atoms with Gasteiger partial charge in [0.1, 0.15) is 17.2 Å². The van der Waals surface area contributed by atoms with Crippen LogP contribution in [0.1, 0.15) is 39.2 Å². The second kappa shape index (κ2) is 8.48. The normalized spacial score (nSPS) is 12.8. The van der Waals surface area contributed by atoms with Gasteiger partial charge in [-0.05, 0) is 40.0 Å². The van der Waals surface area contributed by atoms with Crippen LogP contribution >= 0.6 is 0 Å². The summed E-state index contributed by atoms with van der Waals surface area (Å²) in [5, 5.41) is 19.8. The second-order valence-corrected chi connectivity index (χ2v) is 7.54. The van der Waals surface area contributed by atoms with Gasteiger partial charge in [-0.1, -0.05) is 23.3 Å². The first-order valence-electron chi connectivity index (χ1n) is 7.68. The Morgan fingerprint density at radius 1 is 1.12 bits per heavy atom. The van der Waals surface area contributed by atoms with Crippen molar-refractivity contribution in [1.29, 1.82) is 0 Å². The van der Waals surface area contributed by atoms with E-state index < -0.39 is 32.9 Å². The zero-order valence-corrected chi connectivity index (χ0v) is 15.4. The van der Waals surface area contributed by atoms with Crippen LogP contribution in [0.3, 0.4) is 0 Å². The first kappa shape index (κ1) is 21.9. The Morgan fingerprint density at radius 2 is 1.65 bits per heavy atom. The molecule has 0 saturated heterocycles. The lowest BCUT2D eigenvalue weighted by Crippen LogP contribution is -2.28. The molecular formula is C17H21F3O5S. The molecule has 0 aliphatic rings. The van der Waals surface area contributed by atoms with Crippen LogP contribution in [0.25, 0.3) is 0 Å². The van der Waals surface area contributed by atoms with Crippen molar-refractivity contribution in [3.8, 4) is 17.2 Å². The van der Waals surface area contributed by atoms with Gasteiger partial charge >= 0.3 is 15.6 Å². The Balaban J connectivity index is 2.93. The number of halogens is 3. The SMILES string of the molecule is CC(C)=CCC/C(C)=C/Cc1c(O)cc(OS(=O)(=O)C(F)(F)F)cc1O. The molecule has 0 spiro atoms. The van der Waals surface area contributed by atoms with Gasteiger partial charge in [-0.3, -0.25) is 0 Å². The molecule has 0 fully saturated rings. The van der Waals surface area contributed by atoms with Crippen molar-refractivity contribution in [3.05, 3.63) is 41.0 Å². The van der Waals surface area contributed by atoms with E-state index >= 15 is 0 Å². The first-order chi connectivity index (χ1) is 11.8. The van der Waals surface area contributed by atoms with Crippen LogP contribution in [-0.2, 0) is 16.5 Å². The number of phenolic OH excluding ortho intramolecular Hbond substituents is 2. The fourth-order valence-corrected chi connectivity index (χ4v) is 2.46. The third kappa shape index (κ3) is 6.29. The summed E-state index contributed by atoms with van der Waals surface area (Å²) in [6.07, 6.45) is 5.58. The molecule has 1 rings (SSSR count). The number of alkyl halides is 3. The largest absolute Gasteiger partial charge is 0.534 e. The summed E-state index contributed by atoms with van der Waals surface area (Å²) in [5.74, 6) is -1.96. The van der Waals surface area contributed by atoms with Crippen molar-refractivity contribution in [1.82, 2.24) is 0 Å². The number of hydrogen-bond donors (Lipinski definition) is 2. The topological polar surface area (TPSA) is 83.8 Å². The third-order valence-electron chi connectivity index (χ3n) is 3.41. The Hall–Kier alpha value is -2.16. The summed E-state index contributed by atoms with van der Waals surface area (Å²) >= 11 is 0. The van der Waals surface area contributed by atoms with Crippen LogP contribution < -0.4 is 4.18 Å². The van der Waals surface area contributed by atoms with Gasteiger partial charge in [-0.2, -0.15) is 21.6 Å². The summed E-state index contributed by atoms with van der Waals surface area (Å²) in [6, 6.07) is 1.43. The standard InChI is InChI=1S/C17H21F3O5S/c1-11(2)5-4-6-12(3)7-8-14-15(21)9-13(10-16(14)22)25-26(23,24)17(18,19)20/h5,7,9-10,21-22H,4,6,8H2,1-3H3/b12-7+. The summed E-state index contributed by atoms with van der Waals surface area (Å²) in [5.41, 5.74) is -3.36. The van der Waals surface area contributed by atoms with Crippen LogP contribution in [0.2, 0.25) is 0 Å². The van der Waals surface area contributed by atoms with Crippen molar-refractivity contribution >= 4 is 10.1 Å². The minimum atomic E-state index is -5.88. The van der Waals surface area contributed by atoms with Crippen LogP contribution in [0.15, 0.2) is 35.4 Å². The molecule has 0 aliphatic carbocycles. The van der Waals surface area contributed by atoms with Crippen molar-refractivity contribution in [2.75, 3.05) is 0 Å². The molecule has 1 aromatic carbocycles. The summed E-state index contributed by atoms with van der Waals surface area (Å²) < 4.78 is 62.8. The highest BCUT2D eigenvalue weighted by Crippen LogP contribution is 2.36. The number of phenols is 2. The van der Waals surface area contributed by atoms with Gasteiger partial charge in [-0.25, -0.2) is 0 Å². The average molecular weight is 394 g/mol. The van der Waals surface area contributed by atoms with Gasteiger partial charge in [0.25, 0.3) is 0 Å². The van der Waals surface area contributed by atoms with Gasteiger partial charge in [0.05, 0.1) is 0 Å². The van der Waals surface area contributed by atoms with Crippen molar-refractivity contribution in [3.63, 3.8) is 0 Å². The fraction of sp³-hybridized carbons (Fsp3) is 0.412. The number of allylic oxidation sites excluding steroid dienone is 4. The van der Waals surface area contributed by atoms with Gasteiger partial charge in [-0.15, -0.1) is 0 Å². The highest BCUT2D eigenvalue weighted by atomic mass is 32.2. The van der Waals surface area contributed by atoms with Crippen LogP contribution in [0, 0.1) is 0 Å². The van der Waals surface area contributed by atoms with Gasteiger partial charge in [0.15, 0.2) is 0 Å². The second-order valence-electron chi connectivity index (χ2n) is 6.00. The smallest absolute Gasteiger partial charge is 0.507 e. The number of rotatable bonds is 7. The Morgan fingerprint density at radius 3 is 2.12 bits per heavy atom. The highest BCUT2D eigenvalue weighted by Gasteiger charge is 2.48. The maximum Gasteiger partial charge on any atom is 0.534 e. The first-order valence-corrected chi connectivity index (χ1v) is 9.09. The van der Waals surface area contributed by atoms with Gasteiger partial charge in [0, 0.05) is 17.7 Å². The lowest BCUT2D eigenvalue weighted by atomic mass is 10.0. The number of benzene rings is 1. The van der Waals surface area contributed by atoms with E-state index in [1.807, 2.05) is 20.8 Å². The molecular weight excluding hydrogens is 373 g/mol. The van der Waals surface area contributed by atoms with E-state index in [2.05, 4.69) is 10.3 Å². The zero-order chi connectivity index (χ0) is 20.1. The molecule has 0 unspecified atom stereocenters. The van der Waals surface area contributed by atoms with E-state index in [1.165, 1.54) is 5.57 Å². The molecule has 0 radical (unpaired) electrons. The molecule has 0 amide bonds.